The summed E-state index contributed by atoms with van der Waals surface area (Å²) in [7, 11) is 0. The Morgan fingerprint density at radius 2 is 2.24 bits per heavy atom. The van der Waals surface area contributed by atoms with Crippen molar-refractivity contribution in [3.63, 3.8) is 0 Å². The number of amides is 1. The van der Waals surface area contributed by atoms with Gasteiger partial charge in [-0.3, -0.25) is 9.59 Å². The van der Waals surface area contributed by atoms with Gasteiger partial charge in [0, 0.05) is 6.20 Å². The molecule has 3 rings (SSSR count). The van der Waals surface area contributed by atoms with E-state index in [2.05, 4.69) is 15.5 Å². The number of aliphatic carboxylic acids is 1. The van der Waals surface area contributed by atoms with Crippen molar-refractivity contribution in [1.29, 1.82) is 0 Å². The predicted octanol–water partition coefficient (Wildman–Crippen LogP) is 1.66. The second kappa shape index (κ2) is 4.83. The Hall–Kier alpha value is -2.44. The maximum absolute atomic E-state index is 12.3. The number of hydrogen-bond acceptors (Lipinski definition) is 5. The van der Waals surface area contributed by atoms with Crippen LogP contribution in [-0.2, 0) is 4.79 Å². The average molecular weight is 289 g/mol. The van der Waals surface area contributed by atoms with Crippen LogP contribution in [0.4, 0.5) is 0 Å². The Morgan fingerprint density at radius 3 is 2.86 bits per heavy atom. The van der Waals surface area contributed by atoms with E-state index in [0.29, 0.717) is 35.2 Å². The molecule has 1 saturated carbocycles. The highest BCUT2D eigenvalue weighted by molar-refractivity contribution is 5.97. The monoisotopic (exact) mass is 289 g/mol. The molecule has 0 atom stereocenters. The number of aromatic nitrogens is 2. The van der Waals surface area contributed by atoms with Crippen molar-refractivity contribution in [3.05, 3.63) is 23.5 Å². The summed E-state index contributed by atoms with van der Waals surface area (Å²) in [5, 5.41) is 16.3. The first-order valence-electron chi connectivity index (χ1n) is 6.75. The smallest absolute Gasteiger partial charge is 0.305 e. The van der Waals surface area contributed by atoms with E-state index in [1.54, 1.807) is 13.0 Å². The number of hydrogen-bond donors (Lipinski definition) is 2. The number of fused-ring (bicyclic) bond motifs is 1. The number of carbonyl (C=O) groups is 2. The predicted molar refractivity (Wildman–Crippen MR) is 72.8 cm³/mol. The summed E-state index contributed by atoms with van der Waals surface area (Å²) in [6.07, 6.45) is 3.66. The fourth-order valence-electron chi connectivity index (χ4n) is 2.62. The molecule has 0 spiro atoms. The number of carboxylic acids is 1. The largest absolute Gasteiger partial charge is 0.481 e. The minimum Gasteiger partial charge on any atom is -0.481 e. The Bertz CT molecular complexity index is 718. The lowest BCUT2D eigenvalue weighted by Crippen LogP contribution is -2.54. The molecule has 1 fully saturated rings. The van der Waals surface area contributed by atoms with Crippen LogP contribution < -0.4 is 5.32 Å². The Kier molecular flexibility index (Phi) is 3.12. The summed E-state index contributed by atoms with van der Waals surface area (Å²) in [5.74, 6) is -1.22. The molecule has 7 heteroatoms. The lowest BCUT2D eigenvalue weighted by atomic mass is 9.74. The van der Waals surface area contributed by atoms with E-state index in [-0.39, 0.29) is 12.3 Å². The van der Waals surface area contributed by atoms with Crippen LogP contribution in [0.2, 0.25) is 0 Å². The van der Waals surface area contributed by atoms with Gasteiger partial charge in [0.05, 0.1) is 28.6 Å². The molecule has 0 unspecified atom stereocenters. The van der Waals surface area contributed by atoms with Crippen LogP contribution in [0.3, 0.4) is 0 Å². The van der Waals surface area contributed by atoms with E-state index < -0.39 is 11.5 Å². The van der Waals surface area contributed by atoms with Crippen molar-refractivity contribution in [2.45, 2.75) is 38.1 Å². The van der Waals surface area contributed by atoms with Gasteiger partial charge in [0.25, 0.3) is 11.6 Å². The molecule has 1 aliphatic carbocycles. The third kappa shape index (κ3) is 2.46. The first kappa shape index (κ1) is 13.5. The molecule has 1 aliphatic rings. The van der Waals surface area contributed by atoms with Gasteiger partial charge >= 0.3 is 5.97 Å². The molecular formula is C14H15N3O4. The maximum atomic E-state index is 12.3. The van der Waals surface area contributed by atoms with Crippen molar-refractivity contribution in [1.82, 2.24) is 15.5 Å². The molecular weight excluding hydrogens is 274 g/mol. The number of rotatable bonds is 4. The van der Waals surface area contributed by atoms with Gasteiger partial charge in [0.15, 0.2) is 0 Å². The van der Waals surface area contributed by atoms with Crippen LogP contribution in [0.15, 0.2) is 16.8 Å². The molecule has 2 aromatic heterocycles. The Balaban J connectivity index is 1.83. The van der Waals surface area contributed by atoms with Gasteiger partial charge in [-0.25, -0.2) is 4.98 Å². The molecule has 0 radical (unpaired) electrons. The van der Waals surface area contributed by atoms with E-state index in [0.717, 1.165) is 6.42 Å². The number of nitrogens with one attached hydrogen (secondary N) is 1. The van der Waals surface area contributed by atoms with Crippen molar-refractivity contribution in [3.8, 4) is 0 Å². The van der Waals surface area contributed by atoms with E-state index >= 15 is 0 Å². The number of carboxylic acid groups (broad SMARTS) is 1. The van der Waals surface area contributed by atoms with Gasteiger partial charge < -0.3 is 14.9 Å². The fourth-order valence-corrected chi connectivity index (χ4v) is 2.62. The molecule has 2 heterocycles. The SMILES string of the molecule is Cc1noc2ncc(C(=O)NC3(CC(=O)O)CCC3)cc12. The third-order valence-electron chi connectivity index (χ3n) is 3.95. The minimum atomic E-state index is -0.904. The fraction of sp³-hybridized carbons (Fsp3) is 0.429. The van der Waals surface area contributed by atoms with Gasteiger partial charge in [-0.1, -0.05) is 5.16 Å². The van der Waals surface area contributed by atoms with Crippen molar-refractivity contribution >= 4 is 23.0 Å². The topological polar surface area (TPSA) is 105 Å². The number of carbonyl (C=O) groups excluding carboxylic acids is 1. The van der Waals surface area contributed by atoms with Gasteiger partial charge in [-0.15, -0.1) is 0 Å². The molecule has 0 aliphatic heterocycles. The lowest BCUT2D eigenvalue weighted by Gasteiger charge is -2.41. The highest BCUT2D eigenvalue weighted by atomic mass is 16.5. The molecule has 7 nitrogen and oxygen atoms in total. The average Bonchev–Trinajstić information content (AvgIpc) is 2.77. The summed E-state index contributed by atoms with van der Waals surface area (Å²) in [6.45, 7) is 1.77. The number of pyridine rings is 1. The first-order chi connectivity index (χ1) is 9.99. The van der Waals surface area contributed by atoms with Crippen molar-refractivity contribution in [2.24, 2.45) is 0 Å². The zero-order valence-corrected chi connectivity index (χ0v) is 11.5. The van der Waals surface area contributed by atoms with Gasteiger partial charge in [-0.2, -0.15) is 0 Å². The van der Waals surface area contributed by atoms with Crippen molar-refractivity contribution < 1.29 is 19.2 Å². The quantitative estimate of drug-likeness (QED) is 0.886. The van der Waals surface area contributed by atoms with Crippen LogP contribution in [0, 0.1) is 6.92 Å². The first-order valence-corrected chi connectivity index (χ1v) is 6.75. The van der Waals surface area contributed by atoms with Gasteiger partial charge in [0.2, 0.25) is 0 Å². The summed E-state index contributed by atoms with van der Waals surface area (Å²) >= 11 is 0. The third-order valence-corrected chi connectivity index (χ3v) is 3.95. The molecule has 1 amide bonds. The van der Waals surface area contributed by atoms with E-state index in [1.165, 1.54) is 6.20 Å². The molecule has 2 N–H and O–H groups in total. The molecule has 0 aromatic carbocycles. The molecule has 0 bridgehead atoms. The minimum absolute atomic E-state index is 0.0549. The molecule has 0 saturated heterocycles. The summed E-state index contributed by atoms with van der Waals surface area (Å²) in [5.41, 5.74) is 0.802. The number of aryl methyl sites for hydroxylation is 1. The van der Waals surface area contributed by atoms with Crippen LogP contribution in [-0.4, -0.2) is 32.7 Å². The summed E-state index contributed by atoms with van der Waals surface area (Å²) in [6, 6.07) is 1.66. The Morgan fingerprint density at radius 1 is 1.48 bits per heavy atom. The zero-order chi connectivity index (χ0) is 15.0. The second-order valence-electron chi connectivity index (χ2n) is 5.50. The van der Waals surface area contributed by atoms with E-state index in [9.17, 15) is 9.59 Å². The molecule has 21 heavy (non-hydrogen) atoms. The van der Waals surface area contributed by atoms with Gasteiger partial charge in [0.1, 0.15) is 0 Å². The van der Waals surface area contributed by atoms with Gasteiger partial charge in [-0.05, 0) is 32.3 Å². The summed E-state index contributed by atoms with van der Waals surface area (Å²) < 4.78 is 5.00. The Labute approximate surface area is 120 Å². The van der Waals surface area contributed by atoms with Crippen LogP contribution in [0.25, 0.3) is 11.1 Å². The second-order valence-corrected chi connectivity index (χ2v) is 5.50. The molecule has 110 valence electrons. The molecule has 2 aromatic rings. The van der Waals surface area contributed by atoms with Crippen LogP contribution in [0.1, 0.15) is 41.7 Å². The van der Waals surface area contributed by atoms with E-state index in [1.807, 2.05) is 0 Å². The van der Waals surface area contributed by atoms with E-state index in [4.69, 9.17) is 9.63 Å². The van der Waals surface area contributed by atoms with Crippen LogP contribution in [0.5, 0.6) is 0 Å². The lowest BCUT2D eigenvalue weighted by molar-refractivity contribution is -0.139. The standard InChI is InChI=1S/C14H15N3O4/c1-8-10-5-9(7-15-13(10)21-17-8)12(20)16-14(3-2-4-14)6-11(18)19/h5,7H,2-4,6H2,1H3,(H,16,20)(H,18,19). The highest BCUT2D eigenvalue weighted by Gasteiger charge is 2.40. The highest BCUT2D eigenvalue weighted by Crippen LogP contribution is 2.35. The zero-order valence-electron chi connectivity index (χ0n) is 11.5. The number of nitrogens with zero attached hydrogens (tertiary/aromatic N) is 2. The van der Waals surface area contributed by atoms with Crippen LogP contribution >= 0.6 is 0 Å². The normalized spacial score (nSPS) is 16.4. The maximum Gasteiger partial charge on any atom is 0.305 e. The summed E-state index contributed by atoms with van der Waals surface area (Å²) in [4.78, 5) is 27.3. The van der Waals surface area contributed by atoms with Crippen molar-refractivity contribution in [2.75, 3.05) is 0 Å².